The van der Waals surface area contributed by atoms with E-state index in [1.165, 1.54) is 36.2 Å². The first-order valence-electron chi connectivity index (χ1n) is 7.82. The van der Waals surface area contributed by atoms with Crippen LogP contribution in [0.25, 0.3) is 16.7 Å². The van der Waals surface area contributed by atoms with Gasteiger partial charge >= 0.3 is 0 Å². The highest BCUT2D eigenvalue weighted by atomic mass is 16.5. The highest BCUT2D eigenvalue weighted by Gasteiger charge is 2.18. The molecule has 0 saturated heterocycles. The molecule has 0 aliphatic carbocycles. The Labute approximate surface area is 144 Å². The largest absolute Gasteiger partial charge is 0.464 e. The molecule has 0 atom stereocenters. The van der Waals surface area contributed by atoms with E-state index < -0.39 is 0 Å². The molecule has 0 bridgehead atoms. The number of rotatable bonds is 3. The van der Waals surface area contributed by atoms with Gasteiger partial charge in [-0.05, 0) is 37.1 Å². The number of hydrogen-bond donors (Lipinski definition) is 0. The molecule has 0 unspecified atom stereocenters. The summed E-state index contributed by atoms with van der Waals surface area (Å²) in [5, 5.41) is 5.34. The molecule has 0 saturated carbocycles. The Morgan fingerprint density at radius 2 is 1.84 bits per heavy atom. The van der Waals surface area contributed by atoms with E-state index in [0.717, 1.165) is 16.7 Å². The summed E-state index contributed by atoms with van der Waals surface area (Å²) in [4.78, 5) is 10.6. The normalized spacial score (nSPS) is 13.3. The molecule has 1 aliphatic rings. The lowest BCUT2D eigenvalue weighted by Crippen LogP contribution is -2.20. The van der Waals surface area contributed by atoms with Gasteiger partial charge in [-0.1, -0.05) is 6.07 Å². The maximum absolute atomic E-state index is 5.46. The SMILES string of the molecule is Cc1cc(C)cc(-n2ncc3c(N(C)C4=COC=CO4)ncnc32)c1. The van der Waals surface area contributed by atoms with Crippen LogP contribution in [0.15, 0.2) is 55.4 Å². The zero-order valence-electron chi connectivity index (χ0n) is 14.2. The third kappa shape index (κ3) is 2.69. The van der Waals surface area contributed by atoms with E-state index in [1.54, 1.807) is 11.1 Å². The molecular weight excluding hydrogens is 318 g/mol. The Hall–Kier alpha value is -3.35. The molecule has 3 heterocycles. The van der Waals surface area contributed by atoms with E-state index in [0.29, 0.717) is 11.7 Å². The van der Waals surface area contributed by atoms with Gasteiger partial charge in [-0.3, -0.25) is 4.90 Å². The number of aromatic nitrogens is 4. The van der Waals surface area contributed by atoms with Crippen LogP contribution in [0.4, 0.5) is 5.82 Å². The Balaban J connectivity index is 1.82. The van der Waals surface area contributed by atoms with Crippen LogP contribution in [-0.2, 0) is 9.47 Å². The van der Waals surface area contributed by atoms with Gasteiger partial charge in [-0.25, -0.2) is 14.6 Å². The quantitative estimate of drug-likeness (QED) is 0.732. The minimum atomic E-state index is 0.529. The molecule has 0 fully saturated rings. The van der Waals surface area contributed by atoms with Gasteiger partial charge < -0.3 is 9.47 Å². The summed E-state index contributed by atoms with van der Waals surface area (Å²) in [6.45, 7) is 4.13. The Morgan fingerprint density at radius 3 is 2.56 bits per heavy atom. The number of benzene rings is 1. The van der Waals surface area contributed by atoms with Crippen LogP contribution < -0.4 is 4.90 Å². The molecule has 0 radical (unpaired) electrons. The van der Waals surface area contributed by atoms with Gasteiger partial charge in [0.1, 0.15) is 24.7 Å². The predicted molar refractivity (Wildman–Crippen MR) is 93.9 cm³/mol. The molecule has 25 heavy (non-hydrogen) atoms. The molecule has 0 N–H and O–H groups in total. The monoisotopic (exact) mass is 335 g/mol. The van der Waals surface area contributed by atoms with E-state index in [9.17, 15) is 0 Å². The number of aryl methyl sites for hydroxylation is 2. The van der Waals surface area contributed by atoms with Crippen molar-refractivity contribution in [2.45, 2.75) is 13.8 Å². The number of nitrogens with zero attached hydrogens (tertiary/aromatic N) is 5. The molecular formula is C18H17N5O2. The van der Waals surface area contributed by atoms with Crippen molar-refractivity contribution in [1.82, 2.24) is 19.7 Å². The highest BCUT2D eigenvalue weighted by molar-refractivity contribution is 5.88. The Kier molecular flexibility index (Phi) is 3.61. The third-order valence-corrected chi connectivity index (χ3v) is 3.94. The van der Waals surface area contributed by atoms with Crippen molar-refractivity contribution >= 4 is 16.9 Å². The second-order valence-electron chi connectivity index (χ2n) is 5.88. The molecule has 7 heteroatoms. The number of anilines is 1. The summed E-state index contributed by atoms with van der Waals surface area (Å²) in [6.07, 6.45) is 7.74. The van der Waals surface area contributed by atoms with Gasteiger partial charge in [0.15, 0.2) is 11.9 Å². The first-order chi connectivity index (χ1) is 12.1. The van der Waals surface area contributed by atoms with Crippen LogP contribution in [0.2, 0.25) is 0 Å². The zero-order valence-corrected chi connectivity index (χ0v) is 14.2. The average molecular weight is 335 g/mol. The van der Waals surface area contributed by atoms with Crippen LogP contribution in [0.3, 0.4) is 0 Å². The van der Waals surface area contributed by atoms with Crippen molar-refractivity contribution in [2.24, 2.45) is 0 Å². The van der Waals surface area contributed by atoms with Gasteiger partial charge in [0.2, 0.25) is 5.88 Å². The number of fused-ring (bicyclic) bond motifs is 1. The first kappa shape index (κ1) is 15.2. The molecule has 1 aromatic carbocycles. The lowest BCUT2D eigenvalue weighted by molar-refractivity contribution is 0.250. The van der Waals surface area contributed by atoms with Gasteiger partial charge in [0.05, 0.1) is 17.3 Å². The standard InChI is InChI=1S/C18H17N5O2/c1-12-6-13(2)8-14(7-12)23-18-15(9-21-23)17(19-11-20-18)22(3)16-10-24-4-5-25-16/h4-11H,1-3H3. The van der Waals surface area contributed by atoms with E-state index >= 15 is 0 Å². The Bertz CT molecular complexity index is 986. The minimum absolute atomic E-state index is 0.529. The number of ether oxygens (including phenoxy) is 2. The molecule has 1 aliphatic heterocycles. The van der Waals surface area contributed by atoms with Gasteiger partial charge in [-0.15, -0.1) is 0 Å². The Morgan fingerprint density at radius 1 is 1.04 bits per heavy atom. The first-order valence-corrected chi connectivity index (χ1v) is 7.82. The molecule has 3 aromatic rings. The fraction of sp³-hybridized carbons (Fsp3) is 0.167. The van der Waals surface area contributed by atoms with Gasteiger partial charge in [0.25, 0.3) is 0 Å². The summed E-state index contributed by atoms with van der Waals surface area (Å²) in [6, 6.07) is 6.29. The second-order valence-corrected chi connectivity index (χ2v) is 5.88. The summed E-state index contributed by atoms with van der Waals surface area (Å²) < 4.78 is 12.4. The van der Waals surface area contributed by atoms with Crippen LogP contribution in [-0.4, -0.2) is 26.8 Å². The maximum Gasteiger partial charge on any atom is 0.236 e. The van der Waals surface area contributed by atoms with Crippen molar-refractivity contribution in [3.8, 4) is 5.69 Å². The lowest BCUT2D eigenvalue weighted by atomic mass is 10.1. The lowest BCUT2D eigenvalue weighted by Gasteiger charge is -2.21. The highest BCUT2D eigenvalue weighted by Crippen LogP contribution is 2.27. The molecule has 0 amide bonds. The fourth-order valence-electron chi connectivity index (χ4n) is 2.88. The zero-order chi connectivity index (χ0) is 17.4. The van der Waals surface area contributed by atoms with Gasteiger partial charge in [0, 0.05) is 7.05 Å². The molecule has 2 aromatic heterocycles. The molecule has 7 nitrogen and oxygen atoms in total. The number of hydrogen-bond acceptors (Lipinski definition) is 6. The van der Waals surface area contributed by atoms with Crippen LogP contribution in [0.1, 0.15) is 11.1 Å². The average Bonchev–Trinajstić information content (AvgIpc) is 3.05. The van der Waals surface area contributed by atoms with E-state index in [-0.39, 0.29) is 0 Å². The summed E-state index contributed by atoms with van der Waals surface area (Å²) in [7, 11) is 1.85. The second kappa shape index (κ2) is 5.94. The summed E-state index contributed by atoms with van der Waals surface area (Å²) >= 11 is 0. The van der Waals surface area contributed by atoms with E-state index in [4.69, 9.17) is 9.47 Å². The van der Waals surface area contributed by atoms with Crippen molar-refractivity contribution < 1.29 is 9.47 Å². The summed E-state index contributed by atoms with van der Waals surface area (Å²) in [5.41, 5.74) is 4.05. The topological polar surface area (TPSA) is 65.3 Å². The van der Waals surface area contributed by atoms with Gasteiger partial charge in [-0.2, -0.15) is 5.10 Å². The smallest absolute Gasteiger partial charge is 0.236 e. The fourth-order valence-corrected chi connectivity index (χ4v) is 2.88. The van der Waals surface area contributed by atoms with Crippen LogP contribution in [0, 0.1) is 13.8 Å². The van der Waals surface area contributed by atoms with E-state index in [1.807, 2.05) is 11.7 Å². The van der Waals surface area contributed by atoms with Crippen LogP contribution in [0.5, 0.6) is 0 Å². The molecule has 126 valence electrons. The molecule has 4 rings (SSSR count). The summed E-state index contributed by atoms with van der Waals surface area (Å²) in [5.74, 6) is 1.22. The van der Waals surface area contributed by atoms with Crippen molar-refractivity contribution in [1.29, 1.82) is 0 Å². The predicted octanol–water partition coefficient (Wildman–Crippen LogP) is 3.19. The van der Waals surface area contributed by atoms with Crippen molar-refractivity contribution in [2.75, 3.05) is 11.9 Å². The van der Waals surface area contributed by atoms with Crippen molar-refractivity contribution in [3.05, 3.63) is 66.5 Å². The van der Waals surface area contributed by atoms with E-state index in [2.05, 4.69) is 47.1 Å². The molecule has 0 spiro atoms. The van der Waals surface area contributed by atoms with Crippen LogP contribution >= 0.6 is 0 Å². The third-order valence-electron chi connectivity index (χ3n) is 3.94. The minimum Gasteiger partial charge on any atom is -0.464 e. The van der Waals surface area contributed by atoms with Crippen molar-refractivity contribution in [3.63, 3.8) is 0 Å². The maximum atomic E-state index is 5.46.